The number of hydrogen-bond donors (Lipinski definition) is 1. The summed E-state index contributed by atoms with van der Waals surface area (Å²) in [7, 11) is 0. The molecule has 0 atom stereocenters. The monoisotopic (exact) mass is 412 g/mol. The number of rotatable bonds is 6. The van der Waals surface area contributed by atoms with Gasteiger partial charge in [-0.15, -0.1) is 11.3 Å². The normalized spacial score (nSPS) is 10.9. The number of nitrogens with one attached hydrogen (secondary N) is 1. The van der Waals surface area contributed by atoms with E-state index in [4.69, 9.17) is 0 Å². The van der Waals surface area contributed by atoms with E-state index in [9.17, 15) is 4.79 Å². The molecule has 0 unspecified atom stereocenters. The molecule has 0 saturated heterocycles. The van der Waals surface area contributed by atoms with Gasteiger partial charge < -0.3 is 0 Å². The number of benzene rings is 3. The van der Waals surface area contributed by atoms with Gasteiger partial charge in [-0.25, -0.2) is 4.98 Å². The average molecular weight is 413 g/mol. The van der Waals surface area contributed by atoms with Crippen LogP contribution < -0.4 is 5.32 Å². The highest BCUT2D eigenvalue weighted by atomic mass is 32.1. The van der Waals surface area contributed by atoms with Gasteiger partial charge in [0.1, 0.15) is 0 Å². The molecule has 1 amide bonds. The van der Waals surface area contributed by atoms with Crippen LogP contribution in [0.1, 0.15) is 29.8 Å². The number of nitrogens with zero attached hydrogens (tertiary/aromatic N) is 1. The van der Waals surface area contributed by atoms with E-state index in [2.05, 4.69) is 60.5 Å². The van der Waals surface area contributed by atoms with Crippen LogP contribution in [0.3, 0.4) is 0 Å². The Labute approximate surface area is 181 Å². The Hall–Kier alpha value is -3.24. The summed E-state index contributed by atoms with van der Waals surface area (Å²) in [6, 6.07) is 26.3. The molecule has 4 heteroatoms. The third-order valence-corrected chi connectivity index (χ3v) is 5.63. The third-order valence-electron chi connectivity index (χ3n) is 4.87. The molecule has 30 heavy (non-hydrogen) atoms. The van der Waals surface area contributed by atoms with Crippen LogP contribution in [-0.4, -0.2) is 10.9 Å². The summed E-state index contributed by atoms with van der Waals surface area (Å²) in [6.07, 6.45) is 1.07. The van der Waals surface area contributed by atoms with Crippen LogP contribution in [0.5, 0.6) is 0 Å². The van der Waals surface area contributed by atoms with Gasteiger partial charge in [-0.1, -0.05) is 80.6 Å². The van der Waals surface area contributed by atoms with Gasteiger partial charge in [-0.2, -0.15) is 0 Å². The lowest BCUT2D eigenvalue weighted by atomic mass is 10.0. The first-order valence-corrected chi connectivity index (χ1v) is 11.0. The van der Waals surface area contributed by atoms with Crippen LogP contribution in [0.25, 0.3) is 22.4 Å². The molecule has 1 N–H and O–H groups in total. The zero-order chi connectivity index (χ0) is 20.9. The SMILES string of the molecule is CC(C)Cc1ccc(-c2csc(NC(=O)c3ccc(-c4ccccc4)cc3)n2)cc1. The van der Waals surface area contributed by atoms with E-state index in [1.807, 2.05) is 47.8 Å². The largest absolute Gasteiger partial charge is 0.298 e. The number of hydrogen-bond acceptors (Lipinski definition) is 3. The summed E-state index contributed by atoms with van der Waals surface area (Å²) in [6.45, 7) is 4.44. The second-order valence-electron chi connectivity index (χ2n) is 7.73. The summed E-state index contributed by atoms with van der Waals surface area (Å²) < 4.78 is 0. The maximum Gasteiger partial charge on any atom is 0.257 e. The molecule has 3 aromatic carbocycles. The topological polar surface area (TPSA) is 42.0 Å². The van der Waals surface area contributed by atoms with Gasteiger partial charge >= 0.3 is 0 Å². The van der Waals surface area contributed by atoms with Gasteiger partial charge in [0.05, 0.1) is 5.69 Å². The lowest BCUT2D eigenvalue weighted by Gasteiger charge is -2.05. The number of anilines is 1. The van der Waals surface area contributed by atoms with Crippen molar-refractivity contribution in [2.75, 3.05) is 5.32 Å². The van der Waals surface area contributed by atoms with Crippen LogP contribution in [0.15, 0.2) is 84.2 Å². The quantitative estimate of drug-likeness (QED) is 0.373. The summed E-state index contributed by atoms with van der Waals surface area (Å²) in [5, 5.41) is 5.50. The van der Waals surface area contributed by atoms with Gasteiger partial charge in [0.15, 0.2) is 5.13 Å². The second kappa shape index (κ2) is 9.06. The van der Waals surface area contributed by atoms with Gasteiger partial charge in [0.25, 0.3) is 5.91 Å². The molecule has 0 bridgehead atoms. The number of carbonyl (C=O) groups is 1. The Morgan fingerprint density at radius 1 is 0.867 bits per heavy atom. The van der Waals surface area contributed by atoms with Gasteiger partial charge in [-0.05, 0) is 41.2 Å². The summed E-state index contributed by atoms with van der Waals surface area (Å²) >= 11 is 1.44. The first kappa shape index (κ1) is 20.0. The maximum atomic E-state index is 12.6. The molecule has 0 aliphatic rings. The standard InChI is InChI=1S/C26H24N2OS/c1-18(2)16-19-8-10-22(11-9-19)24-17-30-26(27-24)28-25(29)23-14-12-21(13-15-23)20-6-4-3-5-7-20/h3-15,17-18H,16H2,1-2H3,(H,27,28,29). The van der Waals surface area contributed by atoms with Crippen molar-refractivity contribution in [2.24, 2.45) is 5.92 Å². The fourth-order valence-electron chi connectivity index (χ4n) is 3.36. The van der Waals surface area contributed by atoms with Crippen molar-refractivity contribution in [2.45, 2.75) is 20.3 Å². The zero-order valence-corrected chi connectivity index (χ0v) is 17.9. The van der Waals surface area contributed by atoms with Crippen LogP contribution in [-0.2, 0) is 6.42 Å². The molecule has 0 aliphatic carbocycles. The first-order valence-electron chi connectivity index (χ1n) is 10.1. The Kier molecular flexibility index (Phi) is 6.05. The molecule has 0 radical (unpaired) electrons. The van der Waals surface area contributed by atoms with Gasteiger partial charge in [0.2, 0.25) is 0 Å². The van der Waals surface area contributed by atoms with Crippen molar-refractivity contribution in [3.05, 3.63) is 95.4 Å². The molecular formula is C26H24N2OS. The molecule has 1 aromatic heterocycles. The third kappa shape index (κ3) is 4.84. The molecule has 3 nitrogen and oxygen atoms in total. The summed E-state index contributed by atoms with van der Waals surface area (Å²) in [5.74, 6) is 0.487. The molecule has 0 aliphatic heterocycles. The Morgan fingerprint density at radius 3 is 2.17 bits per heavy atom. The summed E-state index contributed by atoms with van der Waals surface area (Å²) in [4.78, 5) is 17.2. The van der Waals surface area contributed by atoms with E-state index in [-0.39, 0.29) is 5.91 Å². The van der Waals surface area contributed by atoms with Crippen molar-refractivity contribution in [3.63, 3.8) is 0 Å². The number of carbonyl (C=O) groups excluding carboxylic acids is 1. The fourth-order valence-corrected chi connectivity index (χ4v) is 4.08. The van der Waals surface area contributed by atoms with Gasteiger partial charge in [0, 0.05) is 16.5 Å². The average Bonchev–Trinajstić information content (AvgIpc) is 3.23. The number of amides is 1. The minimum absolute atomic E-state index is 0.150. The highest BCUT2D eigenvalue weighted by Gasteiger charge is 2.11. The summed E-state index contributed by atoms with van der Waals surface area (Å²) in [5.41, 5.74) is 6.11. The van der Waals surface area contributed by atoms with Crippen molar-refractivity contribution in [1.82, 2.24) is 4.98 Å². The van der Waals surface area contributed by atoms with E-state index in [0.717, 1.165) is 28.8 Å². The molecule has 4 rings (SSSR count). The second-order valence-corrected chi connectivity index (χ2v) is 8.59. The van der Waals surface area contributed by atoms with E-state index >= 15 is 0 Å². The number of aromatic nitrogens is 1. The molecular weight excluding hydrogens is 388 g/mol. The van der Waals surface area contributed by atoms with Crippen molar-refractivity contribution in [3.8, 4) is 22.4 Å². The minimum Gasteiger partial charge on any atom is -0.298 e. The van der Waals surface area contributed by atoms with Crippen LogP contribution in [0.2, 0.25) is 0 Å². The molecule has 1 heterocycles. The zero-order valence-electron chi connectivity index (χ0n) is 17.1. The molecule has 4 aromatic rings. The van der Waals surface area contributed by atoms with E-state index < -0.39 is 0 Å². The molecule has 0 fully saturated rings. The lowest BCUT2D eigenvalue weighted by molar-refractivity contribution is 0.102. The smallest absolute Gasteiger partial charge is 0.257 e. The van der Waals surface area contributed by atoms with E-state index in [1.165, 1.54) is 16.9 Å². The Balaban J connectivity index is 1.42. The van der Waals surface area contributed by atoms with Crippen molar-refractivity contribution >= 4 is 22.4 Å². The van der Waals surface area contributed by atoms with E-state index in [0.29, 0.717) is 16.6 Å². The Bertz CT molecular complexity index is 1110. The van der Waals surface area contributed by atoms with E-state index in [1.54, 1.807) is 0 Å². The fraction of sp³-hybridized carbons (Fsp3) is 0.154. The predicted molar refractivity (Wildman–Crippen MR) is 126 cm³/mol. The molecule has 150 valence electrons. The first-order chi connectivity index (χ1) is 14.6. The molecule has 0 spiro atoms. The lowest BCUT2D eigenvalue weighted by Crippen LogP contribution is -2.11. The molecule has 0 saturated carbocycles. The van der Waals surface area contributed by atoms with Gasteiger partial charge in [-0.3, -0.25) is 10.1 Å². The maximum absolute atomic E-state index is 12.6. The minimum atomic E-state index is -0.150. The van der Waals surface area contributed by atoms with Crippen LogP contribution in [0, 0.1) is 5.92 Å². The highest BCUT2D eigenvalue weighted by molar-refractivity contribution is 7.14. The Morgan fingerprint density at radius 2 is 1.50 bits per heavy atom. The van der Waals surface area contributed by atoms with Crippen LogP contribution in [0.4, 0.5) is 5.13 Å². The van der Waals surface area contributed by atoms with Crippen molar-refractivity contribution < 1.29 is 4.79 Å². The van der Waals surface area contributed by atoms with Crippen LogP contribution >= 0.6 is 11.3 Å². The number of thiazole rings is 1. The van der Waals surface area contributed by atoms with Crippen molar-refractivity contribution in [1.29, 1.82) is 0 Å². The highest BCUT2D eigenvalue weighted by Crippen LogP contribution is 2.26. The predicted octanol–water partition coefficient (Wildman–Crippen LogP) is 6.93.